The summed E-state index contributed by atoms with van der Waals surface area (Å²) in [6, 6.07) is 0. The molecule has 0 aromatic heterocycles. The molecule has 0 amide bonds. The number of hydrogen-bond donors (Lipinski definition) is 0. The largest absolute Gasteiger partial charge is 0.298 e. The molecule has 1 aliphatic rings. The lowest BCUT2D eigenvalue weighted by Crippen LogP contribution is -2.45. The minimum absolute atomic E-state index is 0.107. The Balaban J connectivity index is 3.25. The van der Waals surface area contributed by atoms with Crippen LogP contribution in [0.4, 0.5) is 0 Å². The highest BCUT2D eigenvalue weighted by Crippen LogP contribution is 2.44. The number of carbonyl (C=O) groups is 2. The molecule has 1 aliphatic heterocycles. The first-order valence-corrected chi connectivity index (χ1v) is 6.86. The fourth-order valence-electron chi connectivity index (χ4n) is 2.59. The third-order valence-electron chi connectivity index (χ3n) is 3.68. The Morgan fingerprint density at radius 3 is 2.19 bits per heavy atom. The van der Waals surface area contributed by atoms with Gasteiger partial charge >= 0.3 is 0 Å². The fourth-order valence-corrected chi connectivity index (χ4v) is 4.78. The molecular formula is C12H20O3S. The Bertz CT molecular complexity index is 348. The van der Waals surface area contributed by atoms with Gasteiger partial charge in [-0.25, -0.2) is 0 Å². The molecule has 0 N–H and O–H groups in total. The van der Waals surface area contributed by atoms with Gasteiger partial charge in [0.25, 0.3) is 0 Å². The van der Waals surface area contributed by atoms with Crippen molar-refractivity contribution in [3.05, 3.63) is 0 Å². The van der Waals surface area contributed by atoms with E-state index in [2.05, 4.69) is 0 Å². The highest BCUT2D eigenvalue weighted by Gasteiger charge is 2.58. The van der Waals surface area contributed by atoms with E-state index in [1.165, 1.54) is 6.92 Å². The van der Waals surface area contributed by atoms with Crippen molar-refractivity contribution in [2.45, 2.75) is 45.8 Å². The molecule has 1 rings (SSSR count). The maximum absolute atomic E-state index is 12.2. The molecule has 92 valence electrons. The quantitative estimate of drug-likeness (QED) is 0.762. The normalized spacial score (nSPS) is 39.4. The summed E-state index contributed by atoms with van der Waals surface area (Å²) < 4.78 is 11.2. The van der Waals surface area contributed by atoms with Crippen molar-refractivity contribution in [3.8, 4) is 0 Å². The lowest BCUT2D eigenvalue weighted by molar-refractivity contribution is -0.121. The lowest BCUT2D eigenvalue weighted by atomic mass is 9.77. The van der Waals surface area contributed by atoms with Crippen LogP contribution in [0.2, 0.25) is 0 Å². The molecule has 0 bridgehead atoms. The zero-order chi connectivity index (χ0) is 12.7. The van der Waals surface area contributed by atoms with Gasteiger partial charge in [-0.3, -0.25) is 13.8 Å². The maximum atomic E-state index is 12.2. The predicted molar refractivity (Wildman–Crippen MR) is 64.3 cm³/mol. The zero-order valence-electron chi connectivity index (χ0n) is 10.6. The second-order valence-electron chi connectivity index (χ2n) is 5.21. The average Bonchev–Trinajstić information content (AvgIpc) is 2.33. The van der Waals surface area contributed by atoms with Crippen LogP contribution in [-0.4, -0.2) is 19.9 Å². The van der Waals surface area contributed by atoms with E-state index < -0.39 is 15.5 Å². The monoisotopic (exact) mass is 244 g/mol. The van der Waals surface area contributed by atoms with Crippen molar-refractivity contribution >= 4 is 21.7 Å². The van der Waals surface area contributed by atoms with E-state index in [4.69, 9.17) is 0 Å². The van der Waals surface area contributed by atoms with Gasteiger partial charge < -0.3 is 0 Å². The van der Waals surface area contributed by atoms with Crippen molar-refractivity contribution in [1.29, 1.82) is 0 Å². The Morgan fingerprint density at radius 2 is 1.94 bits per heavy atom. The molecule has 3 nitrogen and oxygen atoms in total. The summed E-state index contributed by atoms with van der Waals surface area (Å²) in [5.74, 6) is -0.248. The Morgan fingerprint density at radius 1 is 1.44 bits per heavy atom. The molecule has 16 heavy (non-hydrogen) atoms. The smallest absolute Gasteiger partial charge is 0.222 e. The second kappa shape index (κ2) is 4.40. The van der Waals surface area contributed by atoms with Crippen molar-refractivity contribution < 1.29 is 13.8 Å². The molecule has 0 aromatic rings. The average molecular weight is 244 g/mol. The van der Waals surface area contributed by atoms with Gasteiger partial charge in [-0.1, -0.05) is 27.7 Å². The highest BCUT2D eigenvalue weighted by molar-refractivity contribution is 8.02. The van der Waals surface area contributed by atoms with E-state index in [0.717, 1.165) is 0 Å². The first-order chi connectivity index (χ1) is 7.25. The van der Waals surface area contributed by atoms with Gasteiger partial charge in [0.15, 0.2) is 0 Å². The summed E-state index contributed by atoms with van der Waals surface area (Å²) in [6.07, 6.45) is 0.534. The molecule has 3 unspecified atom stereocenters. The van der Waals surface area contributed by atoms with E-state index in [0.29, 0.717) is 6.42 Å². The standard InChI is InChI=1S/C12H20O3S/c1-7(2)6-12(10(5)13)9(4)8(3)11(14)16(12)15/h7-9H,6H2,1-5H3/t8?,9-,12?,16?/m0/s1. The summed E-state index contributed by atoms with van der Waals surface area (Å²) in [5, 5.41) is -0.261. The van der Waals surface area contributed by atoms with Crippen LogP contribution in [0.15, 0.2) is 0 Å². The molecule has 0 radical (unpaired) electrons. The summed E-state index contributed by atoms with van der Waals surface area (Å²) in [5.41, 5.74) is 0. The number of carbonyl (C=O) groups excluding carboxylic acids is 2. The first-order valence-electron chi connectivity index (χ1n) is 5.72. The van der Waals surface area contributed by atoms with Crippen molar-refractivity contribution in [1.82, 2.24) is 0 Å². The van der Waals surface area contributed by atoms with Crippen LogP contribution in [-0.2, 0) is 20.4 Å². The van der Waals surface area contributed by atoms with Gasteiger partial charge in [0, 0.05) is 5.92 Å². The van der Waals surface area contributed by atoms with E-state index in [1.807, 2.05) is 20.8 Å². The Kier molecular flexibility index (Phi) is 3.72. The number of rotatable bonds is 3. The summed E-state index contributed by atoms with van der Waals surface area (Å²) >= 11 is 0. The SMILES string of the molecule is CC(=O)C1(CC(C)C)[C@@H](C)C(C)C(=O)S1=O. The van der Waals surface area contributed by atoms with Gasteiger partial charge in [0.1, 0.15) is 21.3 Å². The van der Waals surface area contributed by atoms with Gasteiger partial charge in [-0.05, 0) is 25.2 Å². The van der Waals surface area contributed by atoms with Crippen molar-refractivity contribution in [2.75, 3.05) is 0 Å². The molecule has 0 aliphatic carbocycles. The number of ketones is 1. The van der Waals surface area contributed by atoms with Crippen LogP contribution in [0, 0.1) is 17.8 Å². The van der Waals surface area contributed by atoms with Crippen LogP contribution in [0.1, 0.15) is 41.0 Å². The Labute approximate surface area is 99.4 Å². The minimum Gasteiger partial charge on any atom is -0.298 e. The van der Waals surface area contributed by atoms with E-state index >= 15 is 0 Å². The molecule has 0 aromatic carbocycles. The molecule has 0 spiro atoms. The third kappa shape index (κ3) is 1.77. The molecule has 4 heteroatoms. The van der Waals surface area contributed by atoms with E-state index in [-0.39, 0.29) is 28.7 Å². The van der Waals surface area contributed by atoms with E-state index in [1.54, 1.807) is 6.92 Å². The highest BCUT2D eigenvalue weighted by atomic mass is 32.2. The minimum atomic E-state index is -1.66. The van der Waals surface area contributed by atoms with Gasteiger partial charge in [-0.2, -0.15) is 0 Å². The fraction of sp³-hybridized carbons (Fsp3) is 0.833. The molecule has 1 heterocycles. The van der Waals surface area contributed by atoms with Gasteiger partial charge in [0.05, 0.1) is 0 Å². The first kappa shape index (κ1) is 13.6. The number of Topliss-reactive ketones (excluding diaryl/α,β-unsaturated/α-hetero) is 1. The van der Waals surface area contributed by atoms with Crippen LogP contribution in [0.5, 0.6) is 0 Å². The molecule has 1 fully saturated rings. The molecule has 4 atom stereocenters. The molecule has 0 saturated carbocycles. The van der Waals surface area contributed by atoms with E-state index in [9.17, 15) is 13.8 Å². The van der Waals surface area contributed by atoms with Crippen molar-refractivity contribution in [3.63, 3.8) is 0 Å². The number of hydrogen-bond acceptors (Lipinski definition) is 3. The molecular weight excluding hydrogens is 224 g/mol. The van der Waals surface area contributed by atoms with Crippen molar-refractivity contribution in [2.24, 2.45) is 17.8 Å². The Hall–Kier alpha value is -0.510. The molecule has 1 saturated heterocycles. The zero-order valence-corrected chi connectivity index (χ0v) is 11.4. The third-order valence-corrected chi connectivity index (χ3v) is 5.90. The van der Waals surface area contributed by atoms with Crippen LogP contribution in [0.25, 0.3) is 0 Å². The predicted octanol–water partition coefficient (Wildman–Crippen LogP) is 1.92. The van der Waals surface area contributed by atoms with Gasteiger partial charge in [0.2, 0.25) is 5.12 Å². The van der Waals surface area contributed by atoms with Crippen LogP contribution >= 0.6 is 0 Å². The van der Waals surface area contributed by atoms with Crippen LogP contribution < -0.4 is 0 Å². The topological polar surface area (TPSA) is 51.2 Å². The maximum Gasteiger partial charge on any atom is 0.222 e. The summed E-state index contributed by atoms with van der Waals surface area (Å²) in [6.45, 7) is 9.08. The second-order valence-corrected chi connectivity index (χ2v) is 6.88. The lowest BCUT2D eigenvalue weighted by Gasteiger charge is -2.31. The summed E-state index contributed by atoms with van der Waals surface area (Å²) in [4.78, 5) is 23.6. The summed E-state index contributed by atoms with van der Waals surface area (Å²) in [7, 11) is -1.66. The van der Waals surface area contributed by atoms with Crippen LogP contribution in [0.3, 0.4) is 0 Å². The van der Waals surface area contributed by atoms with Gasteiger partial charge in [-0.15, -0.1) is 0 Å².